The maximum absolute atomic E-state index is 11.5. The highest BCUT2D eigenvalue weighted by Crippen LogP contribution is 2.14. The van der Waals surface area contributed by atoms with Crippen LogP contribution in [0.15, 0.2) is 30.6 Å². The number of carbonyl (C=O) groups is 1. The maximum atomic E-state index is 11.5. The third kappa shape index (κ3) is 1.53. The van der Waals surface area contributed by atoms with Crippen LogP contribution in [-0.4, -0.2) is 21.1 Å². The Balaban J connectivity index is 2.71. The van der Waals surface area contributed by atoms with E-state index in [4.69, 9.17) is 0 Å². The Kier molecular flexibility index (Phi) is 2.54. The van der Waals surface area contributed by atoms with Gasteiger partial charge in [0.05, 0.1) is 16.4 Å². The van der Waals surface area contributed by atoms with Gasteiger partial charge >= 0.3 is 0 Å². The molecule has 4 heteroatoms. The van der Waals surface area contributed by atoms with E-state index in [1.165, 1.54) is 0 Å². The molecule has 0 amide bonds. The first kappa shape index (κ1) is 9.27. The third-order valence-electron chi connectivity index (χ3n) is 1.92. The first-order chi connectivity index (χ1) is 6.83. The molecule has 0 unspecified atom stereocenters. The minimum atomic E-state index is 0.0242. The molecular weight excluding hydrogens is 244 g/mol. The van der Waals surface area contributed by atoms with Gasteiger partial charge in [-0.2, -0.15) is 0 Å². The first-order valence-corrected chi connectivity index (χ1v) is 5.24. The summed E-state index contributed by atoms with van der Waals surface area (Å²) >= 11 is 3.14. The van der Waals surface area contributed by atoms with Crippen molar-refractivity contribution in [2.45, 2.75) is 0 Å². The number of fused-ring (bicyclic) bond motifs is 1. The fraction of sp³-hybridized carbons (Fsp3) is 0.100. The predicted octanol–water partition coefficient (Wildman–Crippen LogP) is 2.21. The molecule has 1 aromatic heterocycles. The van der Waals surface area contributed by atoms with Gasteiger partial charge in [-0.05, 0) is 12.1 Å². The van der Waals surface area contributed by atoms with Gasteiger partial charge in [0, 0.05) is 18.0 Å². The molecule has 14 heavy (non-hydrogen) atoms. The fourth-order valence-electron chi connectivity index (χ4n) is 1.29. The summed E-state index contributed by atoms with van der Waals surface area (Å²) in [6.45, 7) is 0. The lowest BCUT2D eigenvalue weighted by Gasteiger charge is -2.00. The quantitative estimate of drug-likeness (QED) is 0.607. The van der Waals surface area contributed by atoms with Crippen LogP contribution in [0.3, 0.4) is 0 Å². The first-order valence-electron chi connectivity index (χ1n) is 4.12. The standard InChI is InChI=1S/C10H7BrN2O/c11-6-9(14)7-2-1-3-8-10(7)13-5-4-12-8/h1-5H,6H2. The van der Waals surface area contributed by atoms with E-state index >= 15 is 0 Å². The Morgan fingerprint density at radius 2 is 2.07 bits per heavy atom. The highest BCUT2D eigenvalue weighted by molar-refractivity contribution is 9.09. The van der Waals surface area contributed by atoms with Crippen molar-refractivity contribution in [1.82, 2.24) is 9.97 Å². The van der Waals surface area contributed by atoms with Crippen molar-refractivity contribution in [3.05, 3.63) is 36.2 Å². The second kappa shape index (κ2) is 3.84. The molecular formula is C10H7BrN2O. The Morgan fingerprint density at radius 3 is 2.86 bits per heavy atom. The van der Waals surface area contributed by atoms with Gasteiger partial charge < -0.3 is 0 Å². The van der Waals surface area contributed by atoms with Crippen molar-refractivity contribution in [3.8, 4) is 0 Å². The van der Waals surface area contributed by atoms with Crippen molar-refractivity contribution >= 4 is 32.7 Å². The monoisotopic (exact) mass is 250 g/mol. The lowest BCUT2D eigenvalue weighted by molar-refractivity contribution is 0.102. The van der Waals surface area contributed by atoms with Crippen LogP contribution < -0.4 is 0 Å². The Hall–Kier alpha value is -1.29. The van der Waals surface area contributed by atoms with Crippen molar-refractivity contribution in [3.63, 3.8) is 0 Å². The summed E-state index contributed by atoms with van der Waals surface area (Å²) < 4.78 is 0. The topological polar surface area (TPSA) is 42.9 Å². The van der Waals surface area contributed by atoms with E-state index in [9.17, 15) is 4.79 Å². The van der Waals surface area contributed by atoms with E-state index in [1.54, 1.807) is 18.5 Å². The van der Waals surface area contributed by atoms with Crippen LogP contribution in [0.25, 0.3) is 11.0 Å². The molecule has 1 aromatic carbocycles. The third-order valence-corrected chi connectivity index (χ3v) is 2.43. The summed E-state index contributed by atoms with van der Waals surface area (Å²) in [7, 11) is 0. The van der Waals surface area contributed by atoms with Gasteiger partial charge in [0.25, 0.3) is 0 Å². The largest absolute Gasteiger partial charge is 0.293 e. The van der Waals surface area contributed by atoms with Crippen molar-refractivity contribution in [2.75, 3.05) is 5.33 Å². The summed E-state index contributed by atoms with van der Waals surface area (Å²) in [6, 6.07) is 5.42. The van der Waals surface area contributed by atoms with Gasteiger partial charge in [0.1, 0.15) is 0 Å². The number of hydrogen-bond donors (Lipinski definition) is 0. The van der Waals surface area contributed by atoms with Crippen LogP contribution in [0.1, 0.15) is 10.4 Å². The number of halogens is 1. The average molecular weight is 251 g/mol. The van der Waals surface area contributed by atoms with Crippen molar-refractivity contribution < 1.29 is 4.79 Å². The summed E-state index contributed by atoms with van der Waals surface area (Å²) in [5.74, 6) is 0.0242. The molecule has 0 bridgehead atoms. The second-order valence-corrected chi connectivity index (χ2v) is 3.35. The summed E-state index contributed by atoms with van der Waals surface area (Å²) in [4.78, 5) is 19.8. The molecule has 0 radical (unpaired) electrons. The second-order valence-electron chi connectivity index (χ2n) is 2.79. The number of aromatic nitrogens is 2. The molecule has 1 heterocycles. The highest BCUT2D eigenvalue weighted by Gasteiger charge is 2.09. The molecule has 0 N–H and O–H groups in total. The molecule has 0 atom stereocenters. The summed E-state index contributed by atoms with van der Waals surface area (Å²) in [5, 5.41) is 0.308. The van der Waals surface area contributed by atoms with Crippen LogP contribution >= 0.6 is 15.9 Å². The number of ketones is 1. The van der Waals surface area contributed by atoms with Gasteiger partial charge in [-0.1, -0.05) is 22.0 Å². The number of rotatable bonds is 2. The van der Waals surface area contributed by atoms with Crippen LogP contribution in [0.2, 0.25) is 0 Å². The molecule has 0 saturated heterocycles. The van der Waals surface area contributed by atoms with Crippen molar-refractivity contribution in [2.24, 2.45) is 0 Å². The molecule has 2 aromatic rings. The number of alkyl halides is 1. The van der Waals surface area contributed by atoms with Gasteiger partial charge in [-0.25, -0.2) is 0 Å². The molecule has 0 spiro atoms. The van der Waals surface area contributed by atoms with E-state index in [0.717, 1.165) is 5.52 Å². The minimum absolute atomic E-state index is 0.0242. The summed E-state index contributed by atoms with van der Waals surface area (Å²) in [5.41, 5.74) is 2.03. The van der Waals surface area contributed by atoms with E-state index in [1.807, 2.05) is 12.1 Å². The van der Waals surface area contributed by atoms with Crippen LogP contribution in [0, 0.1) is 0 Å². The molecule has 0 aliphatic rings. The molecule has 3 nitrogen and oxygen atoms in total. The minimum Gasteiger partial charge on any atom is -0.293 e. The molecule has 0 saturated carbocycles. The number of Topliss-reactive ketones (excluding diaryl/α,β-unsaturated/α-hetero) is 1. The fourth-order valence-corrected chi connectivity index (χ4v) is 1.59. The van der Waals surface area contributed by atoms with Gasteiger partial charge in [-0.15, -0.1) is 0 Å². The molecule has 2 rings (SSSR count). The molecule has 0 aliphatic heterocycles. The SMILES string of the molecule is O=C(CBr)c1cccc2nccnc12. The van der Waals surface area contributed by atoms with Gasteiger partial charge in [-0.3, -0.25) is 14.8 Å². The number of benzene rings is 1. The van der Waals surface area contributed by atoms with Crippen LogP contribution in [-0.2, 0) is 0 Å². The number of para-hydroxylation sites is 1. The predicted molar refractivity (Wildman–Crippen MR) is 57.7 cm³/mol. The van der Waals surface area contributed by atoms with Crippen LogP contribution in [0.5, 0.6) is 0 Å². The zero-order chi connectivity index (χ0) is 9.97. The zero-order valence-corrected chi connectivity index (χ0v) is 8.86. The van der Waals surface area contributed by atoms with Crippen LogP contribution in [0.4, 0.5) is 0 Å². The lowest BCUT2D eigenvalue weighted by Crippen LogP contribution is -2.02. The Bertz CT molecular complexity index is 479. The normalized spacial score (nSPS) is 10.4. The summed E-state index contributed by atoms with van der Waals surface area (Å²) in [6.07, 6.45) is 3.21. The molecule has 0 fully saturated rings. The van der Waals surface area contributed by atoms with E-state index < -0.39 is 0 Å². The number of hydrogen-bond acceptors (Lipinski definition) is 3. The Labute approximate surface area is 89.3 Å². The maximum Gasteiger partial charge on any atom is 0.175 e. The zero-order valence-electron chi connectivity index (χ0n) is 7.27. The lowest BCUT2D eigenvalue weighted by atomic mass is 10.1. The smallest absolute Gasteiger partial charge is 0.175 e. The molecule has 0 aliphatic carbocycles. The molecule has 70 valence electrons. The Morgan fingerprint density at radius 1 is 1.29 bits per heavy atom. The average Bonchev–Trinajstić information content (AvgIpc) is 2.27. The van der Waals surface area contributed by atoms with E-state index in [0.29, 0.717) is 16.4 Å². The van der Waals surface area contributed by atoms with E-state index in [2.05, 4.69) is 25.9 Å². The van der Waals surface area contributed by atoms with E-state index in [-0.39, 0.29) is 5.78 Å². The highest BCUT2D eigenvalue weighted by atomic mass is 79.9. The van der Waals surface area contributed by atoms with Gasteiger partial charge in [0.15, 0.2) is 5.78 Å². The van der Waals surface area contributed by atoms with Crippen molar-refractivity contribution in [1.29, 1.82) is 0 Å². The number of nitrogens with zero attached hydrogens (tertiary/aromatic N) is 2. The van der Waals surface area contributed by atoms with Gasteiger partial charge in [0.2, 0.25) is 0 Å². The number of carbonyl (C=O) groups excluding carboxylic acids is 1.